The molecule has 2 aromatic carbocycles. The van der Waals surface area contributed by atoms with Crippen molar-refractivity contribution in [3.63, 3.8) is 0 Å². The number of fused-ring (bicyclic) bond motifs is 1. The molecule has 0 aliphatic heterocycles. The molecule has 0 saturated heterocycles. The third-order valence-electron chi connectivity index (χ3n) is 3.99. The second-order valence-electron chi connectivity index (χ2n) is 5.57. The fourth-order valence-corrected chi connectivity index (χ4v) is 3.10. The number of hydrogen-bond donors (Lipinski definition) is 4. The summed E-state index contributed by atoms with van der Waals surface area (Å²) in [5.74, 6) is -4.62. The lowest BCUT2D eigenvalue weighted by Crippen LogP contribution is -2.19. The van der Waals surface area contributed by atoms with Gasteiger partial charge in [0, 0.05) is 19.3 Å². The van der Waals surface area contributed by atoms with Crippen LogP contribution >= 0.6 is 11.6 Å². The highest BCUT2D eigenvalue weighted by Gasteiger charge is 2.23. The molecule has 162 valence electrons. The highest BCUT2D eigenvalue weighted by atomic mass is 35.5. The van der Waals surface area contributed by atoms with Crippen molar-refractivity contribution in [2.24, 2.45) is 0 Å². The molecule has 0 saturated carbocycles. The van der Waals surface area contributed by atoms with Crippen LogP contribution in [0, 0.1) is 17.5 Å². The summed E-state index contributed by atoms with van der Waals surface area (Å²) in [5.41, 5.74) is 2.59. The zero-order chi connectivity index (χ0) is 22.0. The number of benzene rings is 2. The predicted molar refractivity (Wildman–Crippen MR) is 112 cm³/mol. The summed E-state index contributed by atoms with van der Waals surface area (Å²) in [6, 6.07) is 2.22. The third kappa shape index (κ3) is 4.05. The number of nitrogens with two attached hydrogens (primary N) is 1. The predicted octanol–water partition coefficient (Wildman–Crippen LogP) is 4.57. The molecular weight excluding hydrogens is 425 g/mol. The number of hydrogen-bond acceptors (Lipinski definition) is 5. The van der Waals surface area contributed by atoms with Crippen LogP contribution in [0.5, 0.6) is 0 Å². The summed E-state index contributed by atoms with van der Waals surface area (Å²) < 4.78 is 43.1. The minimum Gasteiger partial charge on any atom is -0.477 e. The van der Waals surface area contributed by atoms with Gasteiger partial charge in [-0.3, -0.25) is 4.79 Å². The van der Waals surface area contributed by atoms with E-state index in [4.69, 9.17) is 17.3 Å². The van der Waals surface area contributed by atoms with E-state index >= 15 is 0 Å². The van der Waals surface area contributed by atoms with Gasteiger partial charge in [0.1, 0.15) is 23.0 Å². The number of carbonyl (C=O) groups is 1. The van der Waals surface area contributed by atoms with E-state index in [-0.39, 0.29) is 28.1 Å². The van der Waals surface area contributed by atoms with Crippen molar-refractivity contribution in [3.05, 3.63) is 62.7 Å². The van der Waals surface area contributed by atoms with E-state index in [1.807, 2.05) is 13.8 Å². The number of aromatic nitrogens is 1. The molecule has 0 radical (unpaired) electrons. The van der Waals surface area contributed by atoms with Crippen LogP contribution < -0.4 is 22.6 Å². The zero-order valence-electron chi connectivity index (χ0n) is 16.3. The molecule has 1 heterocycles. The van der Waals surface area contributed by atoms with Gasteiger partial charge in [0.15, 0.2) is 0 Å². The van der Waals surface area contributed by atoms with Gasteiger partial charge in [-0.25, -0.2) is 18.0 Å². The fraction of sp³-hybridized carbons (Fsp3) is 0.158. The van der Waals surface area contributed by atoms with Crippen molar-refractivity contribution in [1.82, 2.24) is 10.7 Å². The number of aromatic carboxylic acids is 1. The van der Waals surface area contributed by atoms with Crippen LogP contribution in [0.1, 0.15) is 24.2 Å². The van der Waals surface area contributed by atoms with Crippen LogP contribution in [0.3, 0.4) is 0 Å². The minimum atomic E-state index is -1.61. The summed E-state index contributed by atoms with van der Waals surface area (Å²) in [4.78, 5) is 23.9. The van der Waals surface area contributed by atoms with E-state index in [1.165, 1.54) is 7.05 Å². The first-order chi connectivity index (χ1) is 13.7. The summed E-state index contributed by atoms with van der Waals surface area (Å²) >= 11 is 6.19. The molecule has 0 bridgehead atoms. The van der Waals surface area contributed by atoms with Crippen LogP contribution in [-0.2, 0) is 0 Å². The molecule has 0 atom stereocenters. The maximum absolute atomic E-state index is 14.4. The van der Waals surface area contributed by atoms with Crippen molar-refractivity contribution in [2.75, 3.05) is 18.1 Å². The van der Waals surface area contributed by atoms with Crippen LogP contribution in [0.25, 0.3) is 16.6 Å². The van der Waals surface area contributed by atoms with E-state index in [0.29, 0.717) is 6.07 Å². The summed E-state index contributed by atoms with van der Waals surface area (Å²) in [5, 5.41) is 11.1. The molecule has 0 fully saturated rings. The average molecular weight is 445 g/mol. The maximum Gasteiger partial charge on any atom is 0.341 e. The van der Waals surface area contributed by atoms with E-state index < -0.39 is 45.5 Å². The lowest BCUT2D eigenvalue weighted by atomic mass is 10.1. The number of nitrogens with one attached hydrogen (secondary N) is 1. The van der Waals surface area contributed by atoms with Gasteiger partial charge in [-0.2, -0.15) is 0 Å². The van der Waals surface area contributed by atoms with Crippen molar-refractivity contribution in [1.29, 1.82) is 0 Å². The molecule has 7 nitrogen and oxygen atoms in total. The number of nitrogen functional groups attached to an aromatic ring is 1. The number of pyridine rings is 1. The van der Waals surface area contributed by atoms with Crippen molar-refractivity contribution >= 4 is 39.8 Å². The highest BCUT2D eigenvalue weighted by molar-refractivity contribution is 6.38. The van der Waals surface area contributed by atoms with Gasteiger partial charge in [0.25, 0.3) is 0 Å². The second kappa shape index (κ2) is 9.51. The van der Waals surface area contributed by atoms with E-state index in [1.54, 1.807) is 0 Å². The van der Waals surface area contributed by atoms with E-state index in [9.17, 15) is 27.9 Å². The molecule has 0 spiro atoms. The Morgan fingerprint density at radius 2 is 1.73 bits per heavy atom. The monoisotopic (exact) mass is 444 g/mol. The highest BCUT2D eigenvalue weighted by Crippen LogP contribution is 2.35. The topological polar surface area (TPSA) is 132 Å². The van der Waals surface area contributed by atoms with Crippen molar-refractivity contribution in [2.45, 2.75) is 13.8 Å². The Labute approximate surface area is 174 Å². The maximum atomic E-state index is 14.4. The Kier molecular flexibility index (Phi) is 7.86. The molecule has 0 amide bonds. The Bertz CT molecular complexity index is 1180. The van der Waals surface area contributed by atoms with E-state index in [0.717, 1.165) is 22.9 Å². The van der Waals surface area contributed by atoms with Crippen LogP contribution in [-0.4, -0.2) is 22.7 Å². The number of carboxylic acid groups (broad SMARTS) is 1. The number of nitrogens with zero attached hydrogens (tertiary/aromatic N) is 1. The van der Waals surface area contributed by atoms with Crippen LogP contribution in [0.2, 0.25) is 5.02 Å². The van der Waals surface area contributed by atoms with Gasteiger partial charge >= 0.3 is 5.97 Å². The fourth-order valence-electron chi connectivity index (χ4n) is 2.72. The lowest BCUT2D eigenvalue weighted by Gasteiger charge is -2.17. The summed E-state index contributed by atoms with van der Waals surface area (Å²) in [7, 11) is 1.38. The molecule has 7 N–H and O–H groups in total. The average Bonchev–Trinajstić information content (AvgIpc) is 2.67. The SMILES string of the molecule is CC.CNc1c(F)cc2c(=O)c(C(=O)O)cn(-c3cc(N)c(F)cc3F)c2c1Cl.N. The Balaban J connectivity index is 0.00000146. The third-order valence-corrected chi connectivity index (χ3v) is 4.35. The lowest BCUT2D eigenvalue weighted by molar-refractivity contribution is 0.0695. The van der Waals surface area contributed by atoms with Crippen LogP contribution in [0.15, 0.2) is 29.2 Å². The number of rotatable bonds is 3. The summed E-state index contributed by atoms with van der Waals surface area (Å²) in [6.45, 7) is 4.00. The smallest absolute Gasteiger partial charge is 0.341 e. The zero-order valence-corrected chi connectivity index (χ0v) is 17.1. The largest absolute Gasteiger partial charge is 0.477 e. The standard InChI is InChI=1S/C17H11ClF3N3O3.C2H6.H3N/c1-23-14-10(21)2-6-15(13(14)18)24(5-7(16(6)25)17(26)27)12-4-11(22)8(19)3-9(12)20;1-2;/h2-5,23H,22H2,1H3,(H,26,27);1-2H3;1H3. The molecule has 0 aliphatic rings. The normalized spacial score (nSPS) is 10.1. The molecule has 3 rings (SSSR count). The quantitative estimate of drug-likeness (QED) is 0.437. The molecular formula is C19H20ClF3N4O3. The minimum absolute atomic E-state index is 0. The van der Waals surface area contributed by atoms with Gasteiger partial charge in [-0.15, -0.1) is 0 Å². The van der Waals surface area contributed by atoms with Gasteiger partial charge in [-0.05, 0) is 12.1 Å². The second-order valence-corrected chi connectivity index (χ2v) is 5.94. The van der Waals surface area contributed by atoms with Gasteiger partial charge in [0.2, 0.25) is 5.43 Å². The van der Waals surface area contributed by atoms with Crippen molar-refractivity contribution in [3.8, 4) is 5.69 Å². The first kappa shape index (κ1) is 24.8. The molecule has 0 aliphatic carbocycles. The number of carboxylic acids is 1. The van der Waals surface area contributed by atoms with Gasteiger partial charge in [-0.1, -0.05) is 25.4 Å². The Morgan fingerprint density at radius 3 is 2.27 bits per heavy atom. The number of halogens is 4. The molecule has 3 aromatic rings. The summed E-state index contributed by atoms with van der Waals surface area (Å²) in [6.07, 6.45) is 0.825. The first-order valence-corrected chi connectivity index (χ1v) is 8.78. The molecule has 0 unspecified atom stereocenters. The molecule has 1 aromatic heterocycles. The van der Waals surface area contributed by atoms with E-state index in [2.05, 4.69) is 5.32 Å². The van der Waals surface area contributed by atoms with Crippen molar-refractivity contribution < 1.29 is 23.1 Å². The van der Waals surface area contributed by atoms with Gasteiger partial charge < -0.3 is 26.9 Å². The molecule has 11 heteroatoms. The Morgan fingerprint density at radius 1 is 1.13 bits per heavy atom. The van der Waals surface area contributed by atoms with Crippen LogP contribution in [0.4, 0.5) is 24.5 Å². The number of anilines is 2. The Hall–Kier alpha value is -3.24. The molecule has 30 heavy (non-hydrogen) atoms. The van der Waals surface area contributed by atoms with Gasteiger partial charge in [0.05, 0.1) is 33.0 Å². The first-order valence-electron chi connectivity index (χ1n) is 8.40.